The van der Waals surface area contributed by atoms with E-state index in [-0.39, 0.29) is 0 Å². The first-order valence-corrected chi connectivity index (χ1v) is 4.47. The summed E-state index contributed by atoms with van der Waals surface area (Å²) in [6.07, 6.45) is 2.12. The highest BCUT2D eigenvalue weighted by Crippen LogP contribution is 2.20. The predicted octanol–water partition coefficient (Wildman–Crippen LogP) is 2.58. The maximum absolute atomic E-state index is 3.07. The van der Waals surface area contributed by atoms with Crippen LogP contribution in [0.5, 0.6) is 0 Å². The van der Waals surface area contributed by atoms with Gasteiger partial charge in [-0.3, -0.25) is 0 Å². The molecule has 0 amide bonds. The Labute approximate surface area is 79.2 Å². The van der Waals surface area contributed by atoms with Crippen LogP contribution in [0.15, 0.2) is 24.4 Å². The van der Waals surface area contributed by atoms with Gasteiger partial charge in [-0.25, -0.2) is 0 Å². The van der Waals surface area contributed by atoms with Gasteiger partial charge in [-0.1, -0.05) is 12.1 Å². The fraction of sp³-hybridized carbons (Fsp3) is 0.111. The van der Waals surface area contributed by atoms with Crippen molar-refractivity contribution < 1.29 is 0 Å². The number of rotatable bonds is 0. The standard InChI is InChI=1S/C9H7IN/c1-11-6-8(10)7-4-2-3-5-9(7)11/h2,4-6H,1H3. The molecule has 55 valence electrons. The Hall–Kier alpha value is -0.510. The number of aromatic nitrogens is 1. The van der Waals surface area contributed by atoms with E-state index in [1.54, 1.807) is 0 Å². The SMILES string of the molecule is Cn1cc(I)c2cc[c]cc21. The first kappa shape index (κ1) is 7.16. The van der Waals surface area contributed by atoms with Crippen LogP contribution >= 0.6 is 22.6 Å². The van der Waals surface area contributed by atoms with Crippen LogP contribution in [0.4, 0.5) is 0 Å². The monoisotopic (exact) mass is 256 g/mol. The van der Waals surface area contributed by atoms with Crippen LogP contribution in [0.25, 0.3) is 10.9 Å². The number of hydrogen-bond acceptors (Lipinski definition) is 0. The summed E-state index contributed by atoms with van der Waals surface area (Å²) in [5, 5.41) is 1.31. The average molecular weight is 256 g/mol. The highest BCUT2D eigenvalue weighted by molar-refractivity contribution is 14.1. The Morgan fingerprint density at radius 3 is 3.09 bits per heavy atom. The van der Waals surface area contributed by atoms with Crippen LogP contribution in [0.3, 0.4) is 0 Å². The lowest BCUT2D eigenvalue weighted by Gasteiger charge is -1.91. The molecule has 0 spiro atoms. The summed E-state index contributed by atoms with van der Waals surface area (Å²) in [6.45, 7) is 0. The molecule has 2 aromatic rings. The first-order chi connectivity index (χ1) is 5.29. The molecular weight excluding hydrogens is 249 g/mol. The van der Waals surface area contributed by atoms with Crippen LogP contribution in [0, 0.1) is 9.64 Å². The zero-order valence-electron chi connectivity index (χ0n) is 6.13. The summed E-state index contributed by atoms with van der Waals surface area (Å²) in [4.78, 5) is 0. The lowest BCUT2D eigenvalue weighted by molar-refractivity contribution is 0.966. The normalized spacial score (nSPS) is 10.7. The zero-order chi connectivity index (χ0) is 7.84. The number of nitrogens with zero attached hydrogens (tertiary/aromatic N) is 1. The molecule has 0 N–H and O–H groups in total. The van der Waals surface area contributed by atoms with Gasteiger partial charge in [0.25, 0.3) is 0 Å². The van der Waals surface area contributed by atoms with Crippen molar-refractivity contribution in [3.05, 3.63) is 34.0 Å². The summed E-state index contributed by atoms with van der Waals surface area (Å²) in [7, 11) is 2.05. The summed E-state index contributed by atoms with van der Waals surface area (Å²) in [5.41, 5.74) is 1.25. The molecular formula is C9H7IN. The first-order valence-electron chi connectivity index (χ1n) is 3.39. The van der Waals surface area contributed by atoms with Crippen molar-refractivity contribution in [1.29, 1.82) is 0 Å². The Morgan fingerprint density at radius 1 is 1.55 bits per heavy atom. The molecule has 11 heavy (non-hydrogen) atoms. The van der Waals surface area contributed by atoms with Gasteiger partial charge in [0.15, 0.2) is 0 Å². The van der Waals surface area contributed by atoms with Crippen molar-refractivity contribution in [3.63, 3.8) is 0 Å². The molecule has 0 fully saturated rings. The van der Waals surface area contributed by atoms with Gasteiger partial charge in [0.1, 0.15) is 0 Å². The fourth-order valence-electron chi connectivity index (χ4n) is 1.22. The van der Waals surface area contributed by atoms with E-state index in [1.807, 2.05) is 12.1 Å². The van der Waals surface area contributed by atoms with Gasteiger partial charge in [0, 0.05) is 27.7 Å². The molecule has 1 radical (unpaired) electrons. The molecule has 0 saturated carbocycles. The van der Waals surface area contributed by atoms with Gasteiger partial charge in [0.2, 0.25) is 0 Å². The molecule has 1 heterocycles. The predicted molar refractivity (Wildman–Crippen MR) is 54.5 cm³/mol. The Morgan fingerprint density at radius 2 is 2.36 bits per heavy atom. The third-order valence-corrected chi connectivity index (χ3v) is 2.65. The van der Waals surface area contributed by atoms with Gasteiger partial charge in [0.05, 0.1) is 0 Å². The van der Waals surface area contributed by atoms with Crippen LogP contribution in [0.2, 0.25) is 0 Å². The van der Waals surface area contributed by atoms with E-state index >= 15 is 0 Å². The highest BCUT2D eigenvalue weighted by atomic mass is 127. The molecule has 1 aromatic carbocycles. The second-order valence-corrected chi connectivity index (χ2v) is 3.69. The van der Waals surface area contributed by atoms with Crippen LogP contribution in [-0.4, -0.2) is 4.57 Å². The maximum Gasteiger partial charge on any atom is 0.0494 e. The lowest BCUT2D eigenvalue weighted by Crippen LogP contribution is -1.81. The minimum Gasteiger partial charge on any atom is -0.349 e. The summed E-state index contributed by atoms with van der Waals surface area (Å²) in [5.74, 6) is 0. The summed E-state index contributed by atoms with van der Waals surface area (Å²) >= 11 is 2.34. The minimum absolute atomic E-state index is 1.25. The van der Waals surface area contributed by atoms with E-state index in [4.69, 9.17) is 0 Å². The van der Waals surface area contributed by atoms with E-state index in [9.17, 15) is 0 Å². The number of aryl methyl sites for hydroxylation is 1. The number of hydrogen-bond donors (Lipinski definition) is 0. The second-order valence-electron chi connectivity index (χ2n) is 2.53. The molecule has 0 bridgehead atoms. The average Bonchev–Trinajstić information content (AvgIpc) is 2.30. The molecule has 0 atom stereocenters. The molecule has 1 aromatic heterocycles. The molecule has 0 saturated heterocycles. The maximum atomic E-state index is 3.07. The second kappa shape index (κ2) is 2.52. The van der Waals surface area contributed by atoms with Gasteiger partial charge >= 0.3 is 0 Å². The zero-order valence-corrected chi connectivity index (χ0v) is 8.29. The fourth-order valence-corrected chi connectivity index (χ4v) is 2.10. The van der Waals surface area contributed by atoms with Gasteiger partial charge < -0.3 is 4.57 Å². The molecule has 0 aliphatic carbocycles. The topological polar surface area (TPSA) is 4.93 Å². The van der Waals surface area contributed by atoms with E-state index in [0.717, 1.165) is 0 Å². The molecule has 1 nitrogen and oxygen atoms in total. The van der Waals surface area contributed by atoms with E-state index in [1.165, 1.54) is 14.5 Å². The van der Waals surface area contributed by atoms with E-state index in [0.29, 0.717) is 0 Å². The molecule has 2 rings (SSSR count). The minimum atomic E-state index is 1.25. The van der Waals surface area contributed by atoms with Crippen LogP contribution in [0.1, 0.15) is 0 Å². The van der Waals surface area contributed by atoms with Gasteiger partial charge in [-0.2, -0.15) is 0 Å². The quantitative estimate of drug-likeness (QED) is 0.638. The Balaban J connectivity index is 2.95. The van der Waals surface area contributed by atoms with Crippen molar-refractivity contribution >= 4 is 33.5 Å². The van der Waals surface area contributed by atoms with Crippen molar-refractivity contribution in [3.8, 4) is 0 Å². The molecule has 0 aliphatic heterocycles. The largest absolute Gasteiger partial charge is 0.349 e. The summed E-state index contributed by atoms with van der Waals surface area (Å²) < 4.78 is 3.42. The van der Waals surface area contributed by atoms with E-state index in [2.05, 4.69) is 52.5 Å². The molecule has 0 aliphatic rings. The van der Waals surface area contributed by atoms with Crippen LogP contribution < -0.4 is 0 Å². The lowest BCUT2D eigenvalue weighted by atomic mass is 10.2. The third-order valence-electron chi connectivity index (χ3n) is 1.79. The van der Waals surface area contributed by atoms with Crippen LogP contribution in [-0.2, 0) is 7.05 Å². The van der Waals surface area contributed by atoms with Gasteiger partial charge in [-0.05, 0) is 34.7 Å². The summed E-state index contributed by atoms with van der Waals surface area (Å²) in [6, 6.07) is 9.12. The van der Waals surface area contributed by atoms with Crippen molar-refractivity contribution in [2.45, 2.75) is 0 Å². The highest BCUT2D eigenvalue weighted by Gasteiger charge is 2.00. The number of fused-ring (bicyclic) bond motifs is 1. The molecule has 2 heteroatoms. The third kappa shape index (κ3) is 1.05. The number of halogens is 1. The Kier molecular flexibility index (Phi) is 1.64. The van der Waals surface area contributed by atoms with Crippen molar-refractivity contribution in [2.75, 3.05) is 0 Å². The van der Waals surface area contributed by atoms with Crippen molar-refractivity contribution in [2.24, 2.45) is 7.05 Å². The number of benzene rings is 1. The molecule has 0 unspecified atom stereocenters. The Bertz CT molecular complexity index is 353. The van der Waals surface area contributed by atoms with Gasteiger partial charge in [-0.15, -0.1) is 0 Å². The smallest absolute Gasteiger partial charge is 0.0494 e. The van der Waals surface area contributed by atoms with E-state index < -0.39 is 0 Å². The van der Waals surface area contributed by atoms with Crippen molar-refractivity contribution in [1.82, 2.24) is 4.57 Å².